The van der Waals surface area contributed by atoms with E-state index in [0.29, 0.717) is 5.02 Å². The summed E-state index contributed by atoms with van der Waals surface area (Å²) in [5.41, 5.74) is 1.65. The number of aryl methyl sites for hydroxylation is 1. The zero-order valence-corrected chi connectivity index (χ0v) is 16.2. The SMILES string of the molecule is C[n+]1ccn(-c2ccc(Nc3ncnc4cc(Cl)ccc34)cn2)c1.[I-]. The number of imidazole rings is 1. The number of hydrogen-bond donors (Lipinski definition) is 1. The third kappa shape index (κ3) is 3.72. The van der Waals surface area contributed by atoms with Crippen molar-refractivity contribution >= 4 is 34.0 Å². The first-order valence-electron chi connectivity index (χ1n) is 7.36. The summed E-state index contributed by atoms with van der Waals surface area (Å²) in [6.45, 7) is 0. The Balaban J connectivity index is 0.00000182. The fourth-order valence-corrected chi connectivity index (χ4v) is 2.63. The summed E-state index contributed by atoms with van der Waals surface area (Å²) in [5.74, 6) is 1.57. The van der Waals surface area contributed by atoms with Gasteiger partial charge < -0.3 is 29.3 Å². The number of rotatable bonds is 3. The first-order valence-corrected chi connectivity index (χ1v) is 7.74. The van der Waals surface area contributed by atoms with Gasteiger partial charge in [0.2, 0.25) is 12.1 Å². The van der Waals surface area contributed by atoms with Crippen molar-refractivity contribution in [3.8, 4) is 5.82 Å². The summed E-state index contributed by atoms with van der Waals surface area (Å²) < 4.78 is 3.91. The van der Waals surface area contributed by atoms with Crippen molar-refractivity contribution in [1.29, 1.82) is 0 Å². The van der Waals surface area contributed by atoms with Gasteiger partial charge >= 0.3 is 0 Å². The van der Waals surface area contributed by atoms with Crippen LogP contribution in [0.3, 0.4) is 0 Å². The van der Waals surface area contributed by atoms with Crippen molar-refractivity contribution in [2.75, 3.05) is 5.32 Å². The summed E-state index contributed by atoms with van der Waals surface area (Å²) in [4.78, 5) is 13.0. The Kier molecular flexibility index (Phi) is 5.14. The molecule has 0 fully saturated rings. The molecule has 0 bridgehead atoms. The van der Waals surface area contributed by atoms with Crippen LogP contribution >= 0.6 is 11.6 Å². The lowest BCUT2D eigenvalue weighted by Crippen LogP contribution is -3.00. The molecule has 0 atom stereocenters. The summed E-state index contributed by atoms with van der Waals surface area (Å²) in [7, 11) is 1.97. The molecule has 3 heterocycles. The molecule has 0 aliphatic rings. The third-order valence-electron chi connectivity index (χ3n) is 3.64. The van der Waals surface area contributed by atoms with Crippen LogP contribution < -0.4 is 33.9 Å². The quantitative estimate of drug-likeness (QED) is 0.344. The third-order valence-corrected chi connectivity index (χ3v) is 3.88. The maximum Gasteiger partial charge on any atom is 0.250 e. The van der Waals surface area contributed by atoms with Crippen LogP contribution in [0.2, 0.25) is 5.02 Å². The van der Waals surface area contributed by atoms with Crippen molar-refractivity contribution in [2.24, 2.45) is 7.05 Å². The van der Waals surface area contributed by atoms with Gasteiger partial charge in [-0.3, -0.25) is 0 Å². The molecule has 3 aromatic heterocycles. The van der Waals surface area contributed by atoms with Gasteiger partial charge in [-0.25, -0.2) is 19.5 Å². The van der Waals surface area contributed by atoms with E-state index in [2.05, 4.69) is 20.3 Å². The van der Waals surface area contributed by atoms with Gasteiger partial charge in [-0.1, -0.05) is 11.6 Å². The van der Waals surface area contributed by atoms with Crippen LogP contribution in [0.5, 0.6) is 0 Å². The van der Waals surface area contributed by atoms with Gasteiger partial charge in [0.25, 0.3) is 0 Å². The fraction of sp³-hybridized carbons (Fsp3) is 0.0588. The van der Waals surface area contributed by atoms with Crippen LogP contribution in [0.4, 0.5) is 11.5 Å². The standard InChI is InChI=1S/C17H14ClN6.HI/c1-23-6-7-24(11-23)16-5-3-13(9-19-16)22-17-14-4-2-12(18)8-15(14)20-10-21-17;/h2-11H,1H3,(H,20,21,22);1H/q+1;/p-1. The molecule has 126 valence electrons. The highest BCUT2D eigenvalue weighted by Gasteiger charge is 2.08. The van der Waals surface area contributed by atoms with Gasteiger partial charge in [-0.05, 0) is 24.3 Å². The topological polar surface area (TPSA) is 59.5 Å². The maximum absolute atomic E-state index is 6.01. The average molecular weight is 465 g/mol. The Morgan fingerprint density at radius 3 is 2.72 bits per heavy atom. The lowest BCUT2D eigenvalue weighted by atomic mass is 10.2. The second-order valence-corrected chi connectivity index (χ2v) is 5.84. The monoisotopic (exact) mass is 464 g/mol. The number of halogens is 2. The highest BCUT2D eigenvalue weighted by atomic mass is 127. The molecule has 0 saturated heterocycles. The van der Waals surface area contributed by atoms with E-state index in [9.17, 15) is 0 Å². The van der Waals surface area contributed by atoms with E-state index >= 15 is 0 Å². The molecule has 0 unspecified atom stereocenters. The molecule has 0 spiro atoms. The van der Waals surface area contributed by atoms with Crippen molar-refractivity contribution in [2.45, 2.75) is 0 Å². The molecule has 1 N–H and O–H groups in total. The van der Waals surface area contributed by atoms with E-state index in [1.807, 2.05) is 65.2 Å². The minimum Gasteiger partial charge on any atom is -1.00 e. The number of fused-ring (bicyclic) bond motifs is 1. The molecule has 0 amide bonds. The number of benzene rings is 1. The smallest absolute Gasteiger partial charge is 0.250 e. The second-order valence-electron chi connectivity index (χ2n) is 5.40. The van der Waals surface area contributed by atoms with E-state index in [0.717, 1.165) is 28.2 Å². The highest BCUT2D eigenvalue weighted by molar-refractivity contribution is 6.31. The lowest BCUT2D eigenvalue weighted by molar-refractivity contribution is -0.670. The van der Waals surface area contributed by atoms with Crippen molar-refractivity contribution in [1.82, 2.24) is 19.5 Å². The second kappa shape index (κ2) is 7.32. The molecule has 0 saturated carbocycles. The highest BCUT2D eigenvalue weighted by Crippen LogP contribution is 2.25. The lowest BCUT2D eigenvalue weighted by Gasteiger charge is -2.08. The van der Waals surface area contributed by atoms with Gasteiger partial charge in [-0.2, -0.15) is 4.57 Å². The fourth-order valence-electron chi connectivity index (χ4n) is 2.46. The summed E-state index contributed by atoms with van der Waals surface area (Å²) in [6.07, 6.45) is 9.17. The molecule has 25 heavy (non-hydrogen) atoms. The molecule has 4 rings (SSSR count). The van der Waals surface area contributed by atoms with E-state index in [-0.39, 0.29) is 24.0 Å². The Hall–Kier alpha value is -2.26. The molecular weight excluding hydrogens is 451 g/mol. The van der Waals surface area contributed by atoms with Crippen LogP contribution in [-0.2, 0) is 7.05 Å². The van der Waals surface area contributed by atoms with Crippen LogP contribution in [0, 0.1) is 0 Å². The predicted molar refractivity (Wildman–Crippen MR) is 92.6 cm³/mol. The number of nitrogens with one attached hydrogen (secondary N) is 1. The van der Waals surface area contributed by atoms with E-state index in [1.165, 1.54) is 6.33 Å². The van der Waals surface area contributed by atoms with Crippen LogP contribution in [0.15, 0.2) is 61.6 Å². The first-order chi connectivity index (χ1) is 11.7. The van der Waals surface area contributed by atoms with Crippen LogP contribution in [0.1, 0.15) is 0 Å². The molecule has 4 aromatic rings. The summed E-state index contributed by atoms with van der Waals surface area (Å²) in [5, 5.41) is 4.84. The zero-order valence-electron chi connectivity index (χ0n) is 13.3. The van der Waals surface area contributed by atoms with E-state index in [4.69, 9.17) is 11.6 Å². The summed E-state index contributed by atoms with van der Waals surface area (Å²) >= 11 is 6.01. The van der Waals surface area contributed by atoms with Crippen LogP contribution in [0.25, 0.3) is 16.7 Å². The van der Waals surface area contributed by atoms with Crippen LogP contribution in [-0.4, -0.2) is 19.5 Å². The Morgan fingerprint density at radius 1 is 1.12 bits per heavy atom. The number of anilines is 2. The largest absolute Gasteiger partial charge is 1.00 e. The Morgan fingerprint density at radius 2 is 2.00 bits per heavy atom. The van der Waals surface area contributed by atoms with E-state index < -0.39 is 0 Å². The molecular formula is C17H14ClIN6. The van der Waals surface area contributed by atoms with Gasteiger partial charge in [0, 0.05) is 16.5 Å². The Labute approximate surface area is 166 Å². The van der Waals surface area contributed by atoms with Gasteiger partial charge in [0.05, 0.1) is 24.4 Å². The molecule has 0 aliphatic carbocycles. The number of aromatic nitrogens is 5. The number of hydrogen-bond acceptors (Lipinski definition) is 4. The predicted octanol–water partition coefficient (Wildman–Crippen LogP) is 0.0410. The molecule has 8 heteroatoms. The molecule has 0 aliphatic heterocycles. The minimum atomic E-state index is 0. The average Bonchev–Trinajstić information content (AvgIpc) is 3.02. The maximum atomic E-state index is 6.01. The zero-order chi connectivity index (χ0) is 16.5. The Bertz CT molecular complexity index is 1020. The van der Waals surface area contributed by atoms with Gasteiger partial charge in [-0.15, -0.1) is 0 Å². The minimum absolute atomic E-state index is 0. The number of nitrogens with zero attached hydrogens (tertiary/aromatic N) is 5. The van der Waals surface area contributed by atoms with Gasteiger partial charge in [0.1, 0.15) is 24.5 Å². The summed E-state index contributed by atoms with van der Waals surface area (Å²) in [6, 6.07) is 9.46. The molecule has 0 radical (unpaired) electrons. The van der Waals surface area contributed by atoms with E-state index in [1.54, 1.807) is 6.20 Å². The number of pyridine rings is 1. The van der Waals surface area contributed by atoms with Crippen molar-refractivity contribution < 1.29 is 28.5 Å². The van der Waals surface area contributed by atoms with Gasteiger partial charge in [0.15, 0.2) is 0 Å². The van der Waals surface area contributed by atoms with Crippen molar-refractivity contribution in [3.05, 3.63) is 66.6 Å². The molecule has 6 nitrogen and oxygen atoms in total. The van der Waals surface area contributed by atoms with Crippen molar-refractivity contribution in [3.63, 3.8) is 0 Å². The normalized spacial score (nSPS) is 10.5. The first kappa shape index (κ1) is 17.6. The molecule has 1 aromatic carbocycles.